The maximum Gasteiger partial charge on any atom is 0.416 e. The van der Waals surface area contributed by atoms with Gasteiger partial charge in [-0.2, -0.15) is 26.3 Å². The highest BCUT2D eigenvalue weighted by atomic mass is 19.4. The van der Waals surface area contributed by atoms with Crippen molar-refractivity contribution in [2.75, 3.05) is 33.3 Å². The van der Waals surface area contributed by atoms with Crippen molar-refractivity contribution in [1.29, 1.82) is 0 Å². The molecule has 1 aromatic carbocycles. The lowest BCUT2D eigenvalue weighted by Crippen LogP contribution is -2.51. The van der Waals surface area contributed by atoms with Crippen molar-refractivity contribution in [1.82, 2.24) is 15.1 Å². The Kier molecular flexibility index (Phi) is 8.32. The number of rotatable bonds is 8. The number of amides is 2. The number of ether oxygens (including phenoxy) is 1. The highest BCUT2D eigenvalue weighted by molar-refractivity contribution is 5.83. The van der Waals surface area contributed by atoms with E-state index in [1.807, 2.05) is 4.90 Å². The van der Waals surface area contributed by atoms with E-state index in [4.69, 9.17) is 4.74 Å². The van der Waals surface area contributed by atoms with Gasteiger partial charge in [0.15, 0.2) is 0 Å². The van der Waals surface area contributed by atoms with Crippen LogP contribution in [0.3, 0.4) is 0 Å². The van der Waals surface area contributed by atoms with Crippen LogP contribution >= 0.6 is 0 Å². The van der Waals surface area contributed by atoms with Crippen molar-refractivity contribution >= 4 is 11.8 Å². The maximum atomic E-state index is 13.4. The van der Waals surface area contributed by atoms with Crippen LogP contribution in [0.25, 0.3) is 0 Å². The van der Waals surface area contributed by atoms with E-state index >= 15 is 0 Å². The lowest BCUT2D eigenvalue weighted by atomic mass is 9.73. The molecule has 3 fully saturated rings. The zero-order valence-electron chi connectivity index (χ0n) is 21.3. The molecular formula is C26H33F6N3O3. The van der Waals surface area contributed by atoms with Crippen molar-refractivity contribution in [2.45, 2.75) is 70.1 Å². The third kappa shape index (κ3) is 6.99. The van der Waals surface area contributed by atoms with E-state index in [1.54, 1.807) is 11.9 Å². The summed E-state index contributed by atoms with van der Waals surface area (Å²) in [6.07, 6.45) is -4.90. The van der Waals surface area contributed by atoms with Crippen molar-refractivity contribution < 1.29 is 40.7 Å². The molecule has 3 aliphatic rings. The molecule has 0 aromatic heterocycles. The van der Waals surface area contributed by atoms with Crippen LogP contribution in [0, 0.1) is 11.3 Å². The van der Waals surface area contributed by atoms with Crippen LogP contribution in [0.15, 0.2) is 18.2 Å². The van der Waals surface area contributed by atoms with Gasteiger partial charge < -0.3 is 15.0 Å². The number of nitrogens with one attached hydrogen (secondary N) is 1. The summed E-state index contributed by atoms with van der Waals surface area (Å²) in [5, 5.41) is 2.63. The maximum absolute atomic E-state index is 13.4. The second-order valence-electron chi connectivity index (χ2n) is 10.8. The van der Waals surface area contributed by atoms with Gasteiger partial charge in [0.05, 0.1) is 23.1 Å². The number of benzene rings is 1. The largest absolute Gasteiger partial charge is 0.416 e. The molecule has 0 bridgehead atoms. The quantitative estimate of drug-likeness (QED) is 0.473. The van der Waals surface area contributed by atoms with Crippen molar-refractivity contribution in [3.63, 3.8) is 0 Å². The van der Waals surface area contributed by atoms with Gasteiger partial charge in [0, 0.05) is 20.2 Å². The van der Waals surface area contributed by atoms with Crippen LogP contribution in [0.2, 0.25) is 0 Å². The average Bonchev–Trinajstić information content (AvgIpc) is 3.49. The third-order valence-corrected chi connectivity index (χ3v) is 7.86. The number of carbonyl (C=O) groups excluding carboxylic acids is 2. The van der Waals surface area contributed by atoms with Gasteiger partial charge in [-0.1, -0.05) is 12.8 Å². The summed E-state index contributed by atoms with van der Waals surface area (Å²) in [5.41, 5.74) is -3.84. The van der Waals surface area contributed by atoms with Crippen LogP contribution in [0.5, 0.6) is 0 Å². The Hall–Kier alpha value is -2.34. The first-order chi connectivity index (χ1) is 17.8. The Bertz CT molecular complexity index is 978. The lowest BCUT2D eigenvalue weighted by Gasteiger charge is -2.41. The fraction of sp³-hybridized carbons (Fsp3) is 0.692. The number of likely N-dealkylation sites (tertiary alicyclic amines) is 1. The minimum atomic E-state index is -4.95. The topological polar surface area (TPSA) is 61.9 Å². The van der Waals surface area contributed by atoms with E-state index in [9.17, 15) is 35.9 Å². The molecule has 2 saturated heterocycles. The summed E-state index contributed by atoms with van der Waals surface area (Å²) < 4.78 is 84.8. The Morgan fingerprint density at radius 1 is 1.03 bits per heavy atom. The summed E-state index contributed by atoms with van der Waals surface area (Å²) in [4.78, 5) is 29.7. The van der Waals surface area contributed by atoms with E-state index in [-0.39, 0.29) is 36.2 Å². The molecule has 1 unspecified atom stereocenters. The summed E-state index contributed by atoms with van der Waals surface area (Å²) in [6, 6.07) is 1.36. The van der Waals surface area contributed by atoms with E-state index in [2.05, 4.69) is 5.32 Å². The average molecular weight is 550 g/mol. The highest BCUT2D eigenvalue weighted by Gasteiger charge is 2.45. The molecule has 4 rings (SSSR count). The summed E-state index contributed by atoms with van der Waals surface area (Å²) in [5.74, 6) is -0.0520. The number of nitrogens with zero attached hydrogens (tertiary/aromatic N) is 2. The number of alkyl halides is 6. The van der Waals surface area contributed by atoms with Crippen LogP contribution in [-0.4, -0.2) is 61.1 Å². The van der Waals surface area contributed by atoms with Gasteiger partial charge in [-0.05, 0) is 74.9 Å². The predicted molar refractivity (Wildman–Crippen MR) is 125 cm³/mol. The summed E-state index contributed by atoms with van der Waals surface area (Å²) in [6.45, 7) is 1.37. The SMILES string of the molecule is CN(C(=O)CN1CCC(CC2CC2)(C(=O)NCc2cc(C(F)(F)F)cc(C(F)(F)F)c2)CC1)C1CCCO1. The monoisotopic (exact) mass is 549 g/mol. The number of hydrogen-bond acceptors (Lipinski definition) is 4. The fourth-order valence-corrected chi connectivity index (χ4v) is 5.36. The van der Waals surface area contributed by atoms with Gasteiger partial charge in [0.1, 0.15) is 6.23 Å². The lowest BCUT2D eigenvalue weighted by molar-refractivity contribution is -0.144. The van der Waals surface area contributed by atoms with Gasteiger partial charge in [0.2, 0.25) is 11.8 Å². The molecular weight excluding hydrogens is 516 g/mol. The van der Waals surface area contributed by atoms with Crippen molar-refractivity contribution in [2.24, 2.45) is 11.3 Å². The Balaban J connectivity index is 1.40. The fourth-order valence-electron chi connectivity index (χ4n) is 5.36. The molecule has 0 radical (unpaired) electrons. The van der Waals surface area contributed by atoms with E-state index in [1.165, 1.54) is 0 Å². The first-order valence-electron chi connectivity index (χ1n) is 12.9. The van der Waals surface area contributed by atoms with E-state index in [0.717, 1.165) is 25.7 Å². The van der Waals surface area contributed by atoms with Crippen LogP contribution in [-0.2, 0) is 33.2 Å². The minimum Gasteiger partial charge on any atom is -0.358 e. The predicted octanol–water partition coefficient (Wildman–Crippen LogP) is 4.82. The normalized spacial score (nSPS) is 22.3. The minimum absolute atomic E-state index is 0.0685. The molecule has 1 aromatic rings. The number of hydrogen-bond donors (Lipinski definition) is 1. The molecule has 2 amide bonds. The molecule has 0 spiro atoms. The van der Waals surface area contributed by atoms with Gasteiger partial charge in [-0.15, -0.1) is 0 Å². The number of piperidine rings is 1. The highest BCUT2D eigenvalue weighted by Crippen LogP contribution is 2.46. The first-order valence-corrected chi connectivity index (χ1v) is 12.9. The molecule has 2 aliphatic heterocycles. The van der Waals surface area contributed by atoms with Crippen molar-refractivity contribution in [3.8, 4) is 0 Å². The molecule has 38 heavy (non-hydrogen) atoms. The van der Waals surface area contributed by atoms with Gasteiger partial charge >= 0.3 is 12.4 Å². The first kappa shape index (κ1) is 28.7. The molecule has 6 nitrogen and oxygen atoms in total. The summed E-state index contributed by atoms with van der Waals surface area (Å²) >= 11 is 0. The number of carbonyl (C=O) groups is 2. The second-order valence-corrected chi connectivity index (χ2v) is 10.8. The van der Waals surface area contributed by atoms with Gasteiger partial charge in [0.25, 0.3) is 0 Å². The molecule has 12 heteroatoms. The van der Waals surface area contributed by atoms with Crippen LogP contribution < -0.4 is 5.32 Å². The molecule has 1 N–H and O–H groups in total. The molecule has 1 atom stereocenters. The second kappa shape index (κ2) is 11.0. The zero-order chi connectivity index (χ0) is 27.7. The van der Waals surface area contributed by atoms with Crippen molar-refractivity contribution in [3.05, 3.63) is 34.9 Å². The number of halogens is 6. The smallest absolute Gasteiger partial charge is 0.358 e. The van der Waals surface area contributed by atoms with Gasteiger partial charge in [-0.25, -0.2) is 0 Å². The van der Waals surface area contributed by atoms with E-state index < -0.39 is 35.4 Å². The Labute approximate surface area is 217 Å². The summed E-state index contributed by atoms with van der Waals surface area (Å²) in [7, 11) is 1.71. The Morgan fingerprint density at radius 3 is 2.13 bits per heavy atom. The zero-order valence-corrected chi connectivity index (χ0v) is 21.3. The number of likely N-dealkylation sites (N-methyl/N-ethyl adjacent to an activating group) is 1. The van der Waals surface area contributed by atoms with E-state index in [0.29, 0.717) is 57.0 Å². The molecule has 1 aliphatic carbocycles. The molecule has 1 saturated carbocycles. The third-order valence-electron chi connectivity index (χ3n) is 7.86. The van der Waals surface area contributed by atoms with Gasteiger partial charge in [-0.3, -0.25) is 14.5 Å². The Morgan fingerprint density at radius 2 is 1.63 bits per heavy atom. The molecule has 212 valence electrons. The molecule has 2 heterocycles. The standard InChI is InChI=1S/C26H33F6N3O3/c1-34(22-3-2-10-38-22)21(36)16-35-8-6-24(7-9-35,14-17-4-5-17)23(37)33-15-18-11-19(25(27,28)29)13-20(12-18)26(30,31)32/h11-13,17,22H,2-10,14-16H2,1H3,(H,33,37). The van der Waals surface area contributed by atoms with Crippen LogP contribution in [0.1, 0.15) is 61.6 Å². The van der Waals surface area contributed by atoms with Crippen LogP contribution in [0.4, 0.5) is 26.3 Å².